The zero-order chi connectivity index (χ0) is 50.4. The maximum absolute atomic E-state index is 5.01. The Labute approximate surface area is 448 Å². The van der Waals surface area contributed by atoms with Gasteiger partial charge in [-0.1, -0.05) is 187 Å². The third-order valence-corrected chi connectivity index (χ3v) is 15.9. The molecule has 76 heavy (non-hydrogen) atoms. The molecule has 0 atom stereocenters. The first-order chi connectivity index (χ1) is 37.6. The minimum Gasteiger partial charge on any atom is -0.308 e. The van der Waals surface area contributed by atoms with E-state index in [1.807, 2.05) is 145 Å². The molecule has 10 aromatic carbocycles. The van der Waals surface area contributed by atoms with Gasteiger partial charge < -0.3 is 9.80 Å². The van der Waals surface area contributed by atoms with Crippen LogP contribution >= 0.6 is 23.5 Å². The maximum Gasteiger partial charge on any atom is 0.164 e. The minimum atomic E-state index is 0.620. The van der Waals surface area contributed by atoms with Gasteiger partial charge in [-0.05, 0) is 102 Å². The Kier molecular flexibility index (Phi) is 11.5. The number of anilines is 6. The van der Waals surface area contributed by atoms with Crippen molar-refractivity contribution in [3.8, 4) is 79.5 Å². The minimum absolute atomic E-state index is 0.620. The summed E-state index contributed by atoms with van der Waals surface area (Å²) < 4.78 is 0. The van der Waals surface area contributed by atoms with Gasteiger partial charge in [0.2, 0.25) is 0 Å². The van der Waals surface area contributed by atoms with Crippen molar-refractivity contribution < 1.29 is 0 Å². The molecule has 10 heteroatoms. The van der Waals surface area contributed by atoms with E-state index in [1.165, 1.54) is 25.1 Å². The van der Waals surface area contributed by atoms with Gasteiger partial charge in [0.25, 0.3) is 0 Å². The average molecular weight is 1010 g/mol. The molecule has 14 rings (SSSR count). The van der Waals surface area contributed by atoms with Crippen LogP contribution < -0.4 is 9.80 Å². The summed E-state index contributed by atoms with van der Waals surface area (Å²) in [5.41, 5.74) is 14.5. The van der Waals surface area contributed by atoms with Crippen molar-refractivity contribution in [1.29, 1.82) is 0 Å². The Morgan fingerprint density at radius 1 is 0.237 bits per heavy atom. The first-order valence-corrected chi connectivity index (χ1v) is 26.6. The van der Waals surface area contributed by atoms with Crippen LogP contribution in [0.2, 0.25) is 0 Å². The van der Waals surface area contributed by atoms with E-state index in [1.54, 1.807) is 0 Å². The van der Waals surface area contributed by atoms with E-state index in [0.29, 0.717) is 34.9 Å². The number of para-hydroxylation sites is 2. The summed E-state index contributed by atoms with van der Waals surface area (Å²) in [4.78, 5) is 39.3. The molecule has 0 spiro atoms. The summed E-state index contributed by atoms with van der Waals surface area (Å²) in [6.45, 7) is 0. The van der Waals surface area contributed by atoms with Crippen LogP contribution in [0.4, 0.5) is 34.1 Å². The Morgan fingerprint density at radius 3 is 1.00 bits per heavy atom. The molecule has 2 aliphatic rings. The number of nitrogens with zero attached hydrogens (tertiary/aromatic N) is 8. The third-order valence-electron chi connectivity index (χ3n) is 13.6. The van der Waals surface area contributed by atoms with Gasteiger partial charge in [0.1, 0.15) is 0 Å². The molecule has 2 aromatic heterocycles. The quantitative estimate of drug-likeness (QED) is 0.139. The van der Waals surface area contributed by atoms with Gasteiger partial charge >= 0.3 is 0 Å². The zero-order valence-corrected chi connectivity index (χ0v) is 42.3. The van der Waals surface area contributed by atoms with Crippen LogP contribution in [0.3, 0.4) is 0 Å². The van der Waals surface area contributed by atoms with Gasteiger partial charge in [0, 0.05) is 64.3 Å². The smallest absolute Gasteiger partial charge is 0.164 e. The lowest BCUT2D eigenvalue weighted by Gasteiger charge is -2.35. The van der Waals surface area contributed by atoms with E-state index >= 15 is 0 Å². The van der Waals surface area contributed by atoms with Gasteiger partial charge in [-0.15, -0.1) is 0 Å². The van der Waals surface area contributed by atoms with Gasteiger partial charge in [-0.2, -0.15) is 0 Å². The van der Waals surface area contributed by atoms with E-state index in [-0.39, 0.29) is 0 Å². The lowest BCUT2D eigenvalue weighted by Crippen LogP contribution is -2.15. The van der Waals surface area contributed by atoms with Gasteiger partial charge in [0.15, 0.2) is 34.9 Å². The van der Waals surface area contributed by atoms with Crippen molar-refractivity contribution in [1.82, 2.24) is 29.9 Å². The van der Waals surface area contributed by atoms with Crippen molar-refractivity contribution >= 4 is 57.6 Å². The van der Waals surface area contributed by atoms with Crippen LogP contribution in [0.15, 0.2) is 274 Å². The van der Waals surface area contributed by atoms with Crippen LogP contribution in [0.1, 0.15) is 0 Å². The molecule has 0 saturated heterocycles. The van der Waals surface area contributed by atoms with E-state index in [2.05, 4.69) is 143 Å². The second-order valence-corrected chi connectivity index (χ2v) is 20.5. The van der Waals surface area contributed by atoms with E-state index in [0.717, 1.165) is 73.1 Å². The number of aromatic nitrogens is 6. The van der Waals surface area contributed by atoms with Gasteiger partial charge in [0.05, 0.1) is 22.7 Å². The molecule has 0 saturated carbocycles. The number of benzene rings is 10. The molecule has 0 bridgehead atoms. The molecular weight excluding hydrogens is 969 g/mol. The fourth-order valence-electron chi connectivity index (χ4n) is 9.88. The van der Waals surface area contributed by atoms with Crippen molar-refractivity contribution in [3.63, 3.8) is 0 Å². The predicted molar refractivity (Wildman–Crippen MR) is 309 cm³/mol. The van der Waals surface area contributed by atoms with Gasteiger partial charge in [-0.25, -0.2) is 29.9 Å². The van der Waals surface area contributed by atoms with E-state index in [9.17, 15) is 0 Å². The second-order valence-electron chi connectivity index (χ2n) is 18.3. The van der Waals surface area contributed by atoms with E-state index < -0.39 is 0 Å². The zero-order valence-electron chi connectivity index (χ0n) is 40.6. The lowest BCUT2D eigenvalue weighted by molar-refractivity contribution is 1.07. The predicted octanol–water partition coefficient (Wildman–Crippen LogP) is 17.6. The van der Waals surface area contributed by atoms with Crippen LogP contribution in [-0.4, -0.2) is 29.9 Å². The summed E-state index contributed by atoms with van der Waals surface area (Å²) in [7, 11) is 0. The summed E-state index contributed by atoms with van der Waals surface area (Å²) in [6, 6.07) is 88.4. The normalized spacial score (nSPS) is 12.3. The number of rotatable bonds is 9. The number of hydrogen-bond acceptors (Lipinski definition) is 10. The molecule has 0 fully saturated rings. The third kappa shape index (κ3) is 8.45. The van der Waals surface area contributed by atoms with Crippen LogP contribution in [0, 0.1) is 0 Å². The molecule has 4 heterocycles. The van der Waals surface area contributed by atoms with Crippen molar-refractivity contribution in [2.75, 3.05) is 9.80 Å². The molecule has 0 unspecified atom stereocenters. The maximum atomic E-state index is 5.01. The molecule has 0 amide bonds. The molecule has 8 nitrogen and oxygen atoms in total. The highest BCUT2D eigenvalue weighted by molar-refractivity contribution is 8.00. The summed E-state index contributed by atoms with van der Waals surface area (Å²) >= 11 is 3.63. The fourth-order valence-corrected chi connectivity index (χ4v) is 12.2. The highest BCUT2D eigenvalue weighted by atomic mass is 32.2. The van der Waals surface area contributed by atoms with Crippen molar-refractivity contribution in [3.05, 3.63) is 255 Å². The standard InChI is InChI=1S/C66H42N8S2/c1-5-18-43(19-6-1)61-67-62(44-20-7-2-8-21-44)70-65(69-61)47-32-37-50(38-33-47)73-53-27-13-15-30-57(53)75-59-42-49(36-41-55(59)73)52-26-17-29-56-60(52)76-58-31-16-14-28-54(58)74(56)51-39-34-48(35-40-51)66-71-63(45-22-9-3-10-23-45)68-64(72-66)46-24-11-4-12-25-46/h1-42H. The van der Waals surface area contributed by atoms with Crippen molar-refractivity contribution in [2.24, 2.45) is 0 Å². The van der Waals surface area contributed by atoms with Crippen LogP contribution in [-0.2, 0) is 0 Å². The number of fused-ring (bicyclic) bond motifs is 4. The highest BCUT2D eigenvalue weighted by Crippen LogP contribution is 2.56. The molecule has 0 N–H and O–H groups in total. The highest BCUT2D eigenvalue weighted by Gasteiger charge is 2.30. The number of hydrogen-bond donors (Lipinski definition) is 0. The summed E-state index contributed by atoms with van der Waals surface area (Å²) in [5.74, 6) is 3.79. The molecular formula is C66H42N8S2. The second kappa shape index (κ2) is 19.4. The van der Waals surface area contributed by atoms with E-state index in [4.69, 9.17) is 29.9 Å². The van der Waals surface area contributed by atoms with Crippen LogP contribution in [0.5, 0.6) is 0 Å². The lowest BCUT2D eigenvalue weighted by atomic mass is 10.0. The molecule has 12 aromatic rings. The van der Waals surface area contributed by atoms with Crippen LogP contribution in [0.25, 0.3) is 79.5 Å². The molecule has 0 aliphatic carbocycles. The fraction of sp³-hybridized carbons (Fsp3) is 0. The Hall–Kier alpha value is -9.48. The first-order valence-electron chi connectivity index (χ1n) is 25.0. The Morgan fingerprint density at radius 2 is 0.566 bits per heavy atom. The average Bonchev–Trinajstić information content (AvgIpc) is 3.57. The molecule has 2 aliphatic heterocycles. The Bertz CT molecular complexity index is 3990. The molecule has 358 valence electrons. The topological polar surface area (TPSA) is 83.8 Å². The summed E-state index contributed by atoms with van der Waals surface area (Å²) in [6.07, 6.45) is 0. The Balaban J connectivity index is 0.810. The van der Waals surface area contributed by atoms with Gasteiger partial charge in [-0.3, -0.25) is 0 Å². The van der Waals surface area contributed by atoms with Crippen molar-refractivity contribution in [2.45, 2.75) is 19.6 Å². The SMILES string of the molecule is c1ccc(-c2nc(-c3ccccc3)nc(-c3ccc(N4c5ccccc5Sc5cc(-c6cccc7c6Sc6ccccc6N7c6ccc(-c7nc(-c8ccccc8)nc(-c8ccccc8)n7)cc6)ccc54)cc3)n2)cc1. The largest absolute Gasteiger partial charge is 0.308 e. The first kappa shape index (κ1) is 45.2. The molecule has 0 radical (unpaired) electrons. The summed E-state index contributed by atoms with van der Waals surface area (Å²) in [5, 5.41) is 0. The monoisotopic (exact) mass is 1010 g/mol.